The van der Waals surface area contributed by atoms with Crippen molar-refractivity contribution >= 4 is 40.7 Å². The fourth-order valence-corrected chi connectivity index (χ4v) is 3.73. The zero-order valence-electron chi connectivity index (χ0n) is 19.2. The largest absolute Gasteiger partial charge is 0.489 e. The van der Waals surface area contributed by atoms with Crippen LogP contribution in [0.2, 0.25) is 0 Å². The molecule has 182 valence electrons. The van der Waals surface area contributed by atoms with E-state index in [0.29, 0.717) is 6.61 Å². The SMILES string of the molecule is CCCCN(CCCC)CCCNCc1cc(Br)ccc1OCc1ccc(F)cc1.Cl.Cl. The smallest absolute Gasteiger partial charge is 0.124 e. The van der Waals surface area contributed by atoms with Crippen molar-refractivity contribution in [3.8, 4) is 5.75 Å². The third-order valence-electron chi connectivity index (χ3n) is 5.13. The molecule has 0 saturated heterocycles. The lowest BCUT2D eigenvalue weighted by molar-refractivity contribution is 0.260. The highest BCUT2D eigenvalue weighted by Gasteiger charge is 2.07. The molecule has 0 aliphatic carbocycles. The maximum absolute atomic E-state index is 13.1. The summed E-state index contributed by atoms with van der Waals surface area (Å²) in [5.41, 5.74) is 2.08. The van der Waals surface area contributed by atoms with Gasteiger partial charge in [0.1, 0.15) is 18.2 Å². The Morgan fingerprint density at radius 1 is 0.906 bits per heavy atom. The van der Waals surface area contributed by atoms with Gasteiger partial charge in [0.05, 0.1) is 0 Å². The van der Waals surface area contributed by atoms with Crippen molar-refractivity contribution in [2.75, 3.05) is 26.2 Å². The second kappa shape index (κ2) is 18.6. The average Bonchev–Trinajstić information content (AvgIpc) is 2.75. The molecule has 0 amide bonds. The maximum Gasteiger partial charge on any atom is 0.124 e. The van der Waals surface area contributed by atoms with Gasteiger partial charge in [-0.2, -0.15) is 0 Å². The highest BCUT2D eigenvalue weighted by molar-refractivity contribution is 9.10. The van der Waals surface area contributed by atoms with Crippen LogP contribution >= 0.6 is 40.7 Å². The molecule has 7 heteroatoms. The third kappa shape index (κ3) is 12.4. The summed E-state index contributed by atoms with van der Waals surface area (Å²) in [7, 11) is 0. The van der Waals surface area contributed by atoms with Crippen LogP contribution in [0.5, 0.6) is 5.75 Å². The molecular weight excluding hydrogens is 514 g/mol. The quantitative estimate of drug-likeness (QED) is 0.233. The van der Waals surface area contributed by atoms with E-state index in [2.05, 4.69) is 46.1 Å². The Kier molecular flexibility index (Phi) is 18.1. The molecular formula is C25H38BrCl2FN2O. The number of benzene rings is 2. The normalized spacial score (nSPS) is 10.5. The second-order valence-corrected chi connectivity index (χ2v) is 8.66. The van der Waals surface area contributed by atoms with Crippen LogP contribution in [0.1, 0.15) is 57.1 Å². The van der Waals surface area contributed by atoms with Crippen molar-refractivity contribution in [1.82, 2.24) is 10.2 Å². The van der Waals surface area contributed by atoms with Gasteiger partial charge in [0.25, 0.3) is 0 Å². The van der Waals surface area contributed by atoms with Gasteiger partial charge in [-0.25, -0.2) is 4.39 Å². The first-order valence-electron chi connectivity index (χ1n) is 11.2. The highest BCUT2D eigenvalue weighted by atomic mass is 79.9. The fraction of sp³-hybridized carbons (Fsp3) is 0.520. The van der Waals surface area contributed by atoms with Crippen LogP contribution in [-0.4, -0.2) is 31.1 Å². The predicted molar refractivity (Wildman–Crippen MR) is 142 cm³/mol. The summed E-state index contributed by atoms with van der Waals surface area (Å²) in [6.45, 7) is 10.3. The lowest BCUT2D eigenvalue weighted by atomic mass is 10.2. The monoisotopic (exact) mass is 550 g/mol. The maximum atomic E-state index is 13.1. The molecule has 1 N–H and O–H groups in total. The Balaban J connectivity index is 0.00000480. The van der Waals surface area contributed by atoms with E-state index in [1.54, 1.807) is 12.1 Å². The summed E-state index contributed by atoms with van der Waals surface area (Å²) in [6, 6.07) is 12.5. The van der Waals surface area contributed by atoms with Crippen LogP contribution in [-0.2, 0) is 13.2 Å². The first kappa shape index (κ1) is 31.1. The summed E-state index contributed by atoms with van der Waals surface area (Å²) in [5, 5.41) is 3.57. The topological polar surface area (TPSA) is 24.5 Å². The van der Waals surface area contributed by atoms with Gasteiger partial charge in [-0.3, -0.25) is 0 Å². The van der Waals surface area contributed by atoms with Gasteiger partial charge in [-0.1, -0.05) is 54.8 Å². The molecule has 0 fully saturated rings. The van der Waals surface area contributed by atoms with Crippen LogP contribution in [0.15, 0.2) is 46.9 Å². The third-order valence-corrected chi connectivity index (χ3v) is 5.62. The van der Waals surface area contributed by atoms with Gasteiger partial charge in [0.15, 0.2) is 0 Å². The van der Waals surface area contributed by atoms with E-state index in [0.717, 1.165) is 47.4 Å². The van der Waals surface area contributed by atoms with E-state index < -0.39 is 0 Å². The summed E-state index contributed by atoms with van der Waals surface area (Å²) in [5.74, 6) is 0.637. The number of hydrogen-bond donors (Lipinski definition) is 1. The number of nitrogens with zero attached hydrogens (tertiary/aromatic N) is 1. The van der Waals surface area contributed by atoms with Gasteiger partial charge in [0, 0.05) is 16.6 Å². The van der Waals surface area contributed by atoms with Crippen LogP contribution in [0, 0.1) is 5.82 Å². The molecule has 0 aromatic heterocycles. The number of unbranched alkanes of at least 4 members (excludes halogenated alkanes) is 2. The molecule has 2 aromatic rings. The lowest BCUT2D eigenvalue weighted by Gasteiger charge is -2.22. The van der Waals surface area contributed by atoms with E-state index in [1.807, 2.05) is 12.1 Å². The van der Waals surface area contributed by atoms with E-state index >= 15 is 0 Å². The highest BCUT2D eigenvalue weighted by Crippen LogP contribution is 2.24. The zero-order chi connectivity index (χ0) is 21.6. The van der Waals surface area contributed by atoms with Gasteiger partial charge in [0.2, 0.25) is 0 Å². The Bertz CT molecular complexity index is 726. The van der Waals surface area contributed by atoms with Crippen molar-refractivity contribution in [1.29, 1.82) is 0 Å². The number of halogens is 4. The molecule has 0 aliphatic rings. The summed E-state index contributed by atoms with van der Waals surface area (Å²) in [4.78, 5) is 2.60. The first-order chi connectivity index (χ1) is 14.6. The molecule has 0 aliphatic heterocycles. The van der Waals surface area contributed by atoms with Crippen LogP contribution in [0.3, 0.4) is 0 Å². The summed E-state index contributed by atoms with van der Waals surface area (Å²) in [6.07, 6.45) is 6.22. The van der Waals surface area contributed by atoms with E-state index in [4.69, 9.17) is 4.74 Å². The van der Waals surface area contributed by atoms with E-state index in [1.165, 1.54) is 50.9 Å². The molecule has 3 nitrogen and oxygen atoms in total. The molecule has 32 heavy (non-hydrogen) atoms. The standard InChI is InChI=1S/C25H36BrFN2O.2ClH/c1-3-5-15-29(16-6-4-2)17-7-14-28-19-22-18-23(26)10-13-25(22)30-20-21-8-11-24(27)12-9-21;;/h8-13,18,28H,3-7,14-17,19-20H2,1-2H3;2*1H. The molecule has 0 atom stereocenters. The Morgan fingerprint density at radius 3 is 2.16 bits per heavy atom. The van der Waals surface area contributed by atoms with Gasteiger partial charge >= 0.3 is 0 Å². The van der Waals surface area contributed by atoms with Gasteiger partial charge in [-0.05, 0) is 81.3 Å². The number of rotatable bonds is 15. The molecule has 2 aromatic carbocycles. The van der Waals surface area contributed by atoms with Crippen molar-refractivity contribution in [3.05, 3.63) is 63.9 Å². The molecule has 0 spiro atoms. The number of ether oxygens (including phenoxy) is 1. The molecule has 0 unspecified atom stereocenters. The minimum absolute atomic E-state index is 0. The zero-order valence-corrected chi connectivity index (χ0v) is 22.5. The Labute approximate surface area is 214 Å². The minimum Gasteiger partial charge on any atom is -0.489 e. The average molecular weight is 552 g/mol. The fourth-order valence-electron chi connectivity index (χ4n) is 3.32. The number of nitrogens with one attached hydrogen (secondary N) is 1. The predicted octanol–water partition coefficient (Wildman–Crippen LogP) is 7.39. The van der Waals surface area contributed by atoms with Crippen LogP contribution in [0.25, 0.3) is 0 Å². The molecule has 0 saturated carbocycles. The van der Waals surface area contributed by atoms with E-state index in [9.17, 15) is 4.39 Å². The molecule has 0 bridgehead atoms. The van der Waals surface area contributed by atoms with Crippen molar-refractivity contribution < 1.29 is 9.13 Å². The summed E-state index contributed by atoms with van der Waals surface area (Å²) >= 11 is 3.56. The van der Waals surface area contributed by atoms with Gasteiger partial charge < -0.3 is 15.0 Å². The number of hydrogen-bond acceptors (Lipinski definition) is 3. The Hall–Kier alpha value is -0.850. The molecule has 2 rings (SSSR count). The Morgan fingerprint density at radius 2 is 1.53 bits per heavy atom. The van der Waals surface area contributed by atoms with Crippen molar-refractivity contribution in [2.45, 2.75) is 59.1 Å². The lowest BCUT2D eigenvalue weighted by Crippen LogP contribution is -2.29. The molecule has 0 heterocycles. The second-order valence-electron chi connectivity index (χ2n) is 7.75. The molecule has 0 radical (unpaired) electrons. The minimum atomic E-state index is -0.227. The van der Waals surface area contributed by atoms with Gasteiger partial charge in [-0.15, -0.1) is 24.8 Å². The van der Waals surface area contributed by atoms with Crippen molar-refractivity contribution in [3.63, 3.8) is 0 Å². The first-order valence-corrected chi connectivity index (χ1v) is 12.0. The van der Waals surface area contributed by atoms with Crippen LogP contribution in [0.4, 0.5) is 4.39 Å². The van der Waals surface area contributed by atoms with Crippen molar-refractivity contribution in [2.24, 2.45) is 0 Å². The summed E-state index contributed by atoms with van der Waals surface area (Å²) < 4.78 is 20.1. The van der Waals surface area contributed by atoms with E-state index in [-0.39, 0.29) is 30.6 Å². The van der Waals surface area contributed by atoms with Crippen LogP contribution < -0.4 is 10.1 Å².